The number of nitrogens with two attached hydrogens (primary N) is 1. The summed E-state index contributed by atoms with van der Waals surface area (Å²) in [6, 6.07) is 0. The highest BCUT2D eigenvalue weighted by Gasteiger charge is 2.42. The van der Waals surface area contributed by atoms with E-state index in [1.54, 1.807) is 0 Å². The van der Waals surface area contributed by atoms with Crippen molar-refractivity contribution in [3.05, 3.63) is 0 Å². The van der Waals surface area contributed by atoms with E-state index in [-0.39, 0.29) is 5.54 Å². The molecule has 0 saturated heterocycles. The van der Waals surface area contributed by atoms with Crippen LogP contribution in [-0.2, 0) is 0 Å². The lowest BCUT2D eigenvalue weighted by atomic mass is 9.61. The Labute approximate surface area is 76.7 Å². The molecule has 3 aliphatic rings. The third-order valence-electron chi connectivity index (χ3n) is 3.70. The summed E-state index contributed by atoms with van der Waals surface area (Å²) in [5, 5.41) is 0. The maximum atomic E-state index is 6.24. The minimum absolute atomic E-state index is 0.245. The van der Waals surface area contributed by atoms with Crippen molar-refractivity contribution in [1.82, 2.24) is 0 Å². The summed E-state index contributed by atoms with van der Waals surface area (Å²) in [7, 11) is 0. The van der Waals surface area contributed by atoms with Crippen molar-refractivity contribution in [2.45, 2.75) is 58.4 Å². The van der Waals surface area contributed by atoms with Crippen LogP contribution in [0, 0.1) is 11.8 Å². The van der Waals surface area contributed by atoms with E-state index in [2.05, 4.69) is 6.92 Å². The Hall–Kier alpha value is -0.0400. The first-order chi connectivity index (χ1) is 5.71. The molecule has 3 aliphatic carbocycles. The molecule has 2 bridgehead atoms. The Kier molecular flexibility index (Phi) is 3.16. The molecule has 0 aromatic rings. The molecule has 0 aliphatic heterocycles. The molecule has 0 amide bonds. The Morgan fingerprint density at radius 1 is 1.17 bits per heavy atom. The fourth-order valence-electron chi connectivity index (χ4n) is 2.68. The fraction of sp³-hybridized carbons (Fsp3) is 1.00. The van der Waals surface area contributed by atoms with Gasteiger partial charge in [0, 0.05) is 5.54 Å². The quantitative estimate of drug-likeness (QED) is 0.593. The summed E-state index contributed by atoms with van der Waals surface area (Å²) in [5.74, 6) is 1.82. The molecule has 0 heterocycles. The molecule has 72 valence electrons. The lowest BCUT2D eigenvalue weighted by Gasteiger charge is -2.48. The van der Waals surface area contributed by atoms with Gasteiger partial charge in [0.05, 0.1) is 0 Å². The van der Waals surface area contributed by atoms with Crippen molar-refractivity contribution in [2.75, 3.05) is 0 Å². The molecule has 3 saturated carbocycles. The van der Waals surface area contributed by atoms with Gasteiger partial charge >= 0.3 is 0 Å². The van der Waals surface area contributed by atoms with E-state index >= 15 is 0 Å². The molecule has 12 heavy (non-hydrogen) atoms. The first-order valence-electron chi connectivity index (χ1n) is 5.49. The molecule has 1 nitrogen and oxygen atoms in total. The van der Waals surface area contributed by atoms with E-state index in [9.17, 15) is 0 Å². The summed E-state index contributed by atoms with van der Waals surface area (Å²) in [4.78, 5) is 0. The SMILES string of the molecule is CC.CC1CC2CCC1(N)CC2. The van der Waals surface area contributed by atoms with E-state index in [0.717, 1.165) is 11.8 Å². The van der Waals surface area contributed by atoms with E-state index in [0.29, 0.717) is 0 Å². The zero-order valence-corrected chi connectivity index (χ0v) is 8.77. The minimum atomic E-state index is 0.245. The third-order valence-corrected chi connectivity index (χ3v) is 3.70. The second-order valence-electron chi connectivity index (χ2n) is 4.31. The van der Waals surface area contributed by atoms with Gasteiger partial charge in [-0.1, -0.05) is 20.8 Å². The monoisotopic (exact) mass is 169 g/mol. The molecule has 1 unspecified atom stereocenters. The van der Waals surface area contributed by atoms with Crippen molar-refractivity contribution >= 4 is 0 Å². The Morgan fingerprint density at radius 2 is 1.67 bits per heavy atom. The molecule has 0 radical (unpaired) electrons. The van der Waals surface area contributed by atoms with Crippen molar-refractivity contribution in [3.63, 3.8) is 0 Å². The van der Waals surface area contributed by atoms with Crippen LogP contribution in [0.1, 0.15) is 52.9 Å². The van der Waals surface area contributed by atoms with Crippen LogP contribution in [0.4, 0.5) is 0 Å². The summed E-state index contributed by atoms with van der Waals surface area (Å²) in [5.41, 5.74) is 6.48. The Balaban J connectivity index is 0.000000336. The molecule has 1 heteroatoms. The molecule has 0 aromatic carbocycles. The summed E-state index contributed by atoms with van der Waals surface area (Å²) >= 11 is 0. The van der Waals surface area contributed by atoms with Gasteiger partial charge < -0.3 is 5.73 Å². The van der Waals surface area contributed by atoms with Crippen molar-refractivity contribution < 1.29 is 0 Å². The van der Waals surface area contributed by atoms with Crippen LogP contribution in [0.2, 0.25) is 0 Å². The summed E-state index contributed by atoms with van der Waals surface area (Å²) in [6.45, 7) is 6.32. The van der Waals surface area contributed by atoms with Gasteiger partial charge in [-0.25, -0.2) is 0 Å². The lowest BCUT2D eigenvalue weighted by Crippen LogP contribution is -2.53. The molecule has 1 atom stereocenters. The standard InChI is InChI=1S/C9H17N.C2H6/c1-7-6-8-2-4-9(7,10)5-3-8;1-2/h7-8H,2-6,10H2,1H3;1-2H3. The van der Waals surface area contributed by atoms with Crippen LogP contribution in [0.25, 0.3) is 0 Å². The Bertz CT molecular complexity index is 134. The highest BCUT2D eigenvalue weighted by atomic mass is 14.8. The smallest absolute Gasteiger partial charge is 0.0180 e. The van der Waals surface area contributed by atoms with E-state index in [1.807, 2.05) is 13.8 Å². The molecule has 3 fully saturated rings. The first kappa shape index (κ1) is 10.0. The maximum Gasteiger partial charge on any atom is 0.0180 e. The molecular formula is C11H23N. The summed E-state index contributed by atoms with van der Waals surface area (Å²) in [6.07, 6.45) is 6.79. The molecular weight excluding hydrogens is 146 g/mol. The average molecular weight is 169 g/mol. The van der Waals surface area contributed by atoms with Gasteiger partial charge in [0.25, 0.3) is 0 Å². The van der Waals surface area contributed by atoms with E-state index in [1.165, 1.54) is 32.1 Å². The van der Waals surface area contributed by atoms with Crippen LogP contribution >= 0.6 is 0 Å². The molecule has 0 spiro atoms. The van der Waals surface area contributed by atoms with Gasteiger partial charge in [0.15, 0.2) is 0 Å². The second kappa shape index (κ2) is 3.78. The molecule has 2 N–H and O–H groups in total. The van der Waals surface area contributed by atoms with Crippen LogP contribution in [0.3, 0.4) is 0 Å². The predicted molar refractivity (Wildman–Crippen MR) is 54.0 cm³/mol. The Morgan fingerprint density at radius 3 is 1.92 bits per heavy atom. The van der Waals surface area contributed by atoms with Gasteiger partial charge in [0.1, 0.15) is 0 Å². The van der Waals surface area contributed by atoms with Gasteiger partial charge in [0.2, 0.25) is 0 Å². The van der Waals surface area contributed by atoms with Crippen LogP contribution in [0.15, 0.2) is 0 Å². The second-order valence-corrected chi connectivity index (χ2v) is 4.31. The number of hydrogen-bond donors (Lipinski definition) is 1. The van der Waals surface area contributed by atoms with Gasteiger partial charge in [-0.15, -0.1) is 0 Å². The van der Waals surface area contributed by atoms with Crippen molar-refractivity contribution in [3.8, 4) is 0 Å². The molecule has 0 aromatic heterocycles. The predicted octanol–water partition coefficient (Wildman–Crippen LogP) is 2.94. The van der Waals surface area contributed by atoms with Gasteiger partial charge in [-0.05, 0) is 43.9 Å². The van der Waals surface area contributed by atoms with Crippen LogP contribution < -0.4 is 5.73 Å². The number of fused-ring (bicyclic) bond motifs is 3. The van der Waals surface area contributed by atoms with Crippen molar-refractivity contribution in [2.24, 2.45) is 17.6 Å². The number of rotatable bonds is 0. The van der Waals surface area contributed by atoms with Crippen LogP contribution in [-0.4, -0.2) is 5.54 Å². The maximum absolute atomic E-state index is 6.24. The van der Waals surface area contributed by atoms with Crippen molar-refractivity contribution in [1.29, 1.82) is 0 Å². The van der Waals surface area contributed by atoms with Gasteiger partial charge in [-0.2, -0.15) is 0 Å². The minimum Gasteiger partial charge on any atom is -0.325 e. The zero-order chi connectivity index (χ0) is 9.19. The average Bonchev–Trinajstić information content (AvgIpc) is 2.11. The first-order valence-corrected chi connectivity index (χ1v) is 5.49. The van der Waals surface area contributed by atoms with Gasteiger partial charge in [-0.3, -0.25) is 0 Å². The molecule has 3 rings (SSSR count). The number of hydrogen-bond acceptors (Lipinski definition) is 1. The fourth-order valence-corrected chi connectivity index (χ4v) is 2.68. The largest absolute Gasteiger partial charge is 0.325 e. The van der Waals surface area contributed by atoms with E-state index in [4.69, 9.17) is 5.73 Å². The highest BCUT2D eigenvalue weighted by Crippen LogP contribution is 2.45. The highest BCUT2D eigenvalue weighted by molar-refractivity contribution is 4.99. The zero-order valence-electron chi connectivity index (χ0n) is 8.77. The lowest BCUT2D eigenvalue weighted by molar-refractivity contribution is 0.0789. The summed E-state index contributed by atoms with van der Waals surface area (Å²) < 4.78 is 0. The van der Waals surface area contributed by atoms with E-state index < -0.39 is 0 Å². The third kappa shape index (κ3) is 1.66. The topological polar surface area (TPSA) is 26.0 Å². The van der Waals surface area contributed by atoms with Crippen LogP contribution in [0.5, 0.6) is 0 Å². The normalized spacial score (nSPS) is 45.0.